The molecule has 1 fully saturated rings. The van der Waals surface area contributed by atoms with Crippen molar-refractivity contribution in [2.75, 3.05) is 0 Å². The zero-order chi connectivity index (χ0) is 16.0. The average molecular weight is 326 g/mol. The zero-order valence-electron chi connectivity index (χ0n) is 11.5. The molecule has 0 spiro atoms. The van der Waals surface area contributed by atoms with E-state index in [9.17, 15) is 18.0 Å². The highest BCUT2D eigenvalue weighted by Gasteiger charge is 2.43. The van der Waals surface area contributed by atoms with Crippen LogP contribution >= 0.6 is 11.3 Å². The largest absolute Gasteiger partial charge is 0.416 e. The third-order valence-corrected chi connectivity index (χ3v) is 5.35. The first-order chi connectivity index (χ1) is 10.3. The summed E-state index contributed by atoms with van der Waals surface area (Å²) in [7, 11) is 0. The van der Waals surface area contributed by atoms with E-state index >= 15 is 0 Å². The average Bonchev–Trinajstić information content (AvgIpc) is 2.87. The minimum Gasteiger partial charge on any atom is -0.365 e. The third kappa shape index (κ3) is 2.39. The van der Waals surface area contributed by atoms with Gasteiger partial charge in [0.05, 0.1) is 11.8 Å². The number of nitrogens with two attached hydrogens (primary N) is 1. The number of halogens is 3. The minimum atomic E-state index is -4.34. The molecule has 0 atom stereocenters. The van der Waals surface area contributed by atoms with Crippen LogP contribution in [0.4, 0.5) is 13.2 Å². The summed E-state index contributed by atoms with van der Waals surface area (Å²) in [6.07, 6.45) is -0.307. The SMILES string of the molecule is NC(=O)c1cnc(C2(c3ccc(C(F)(F)F)cc3)CCC2)s1. The first-order valence-corrected chi connectivity index (χ1v) is 7.58. The van der Waals surface area contributed by atoms with Gasteiger partial charge in [-0.2, -0.15) is 13.2 Å². The smallest absolute Gasteiger partial charge is 0.365 e. The Balaban J connectivity index is 1.97. The second-order valence-corrected chi connectivity index (χ2v) is 6.44. The maximum Gasteiger partial charge on any atom is 0.416 e. The summed E-state index contributed by atoms with van der Waals surface area (Å²) in [5.74, 6) is -0.536. The highest BCUT2D eigenvalue weighted by molar-refractivity contribution is 7.13. The van der Waals surface area contributed by atoms with Gasteiger partial charge in [0.1, 0.15) is 9.88 Å². The van der Waals surface area contributed by atoms with Crippen LogP contribution in [0.5, 0.6) is 0 Å². The number of hydrogen-bond donors (Lipinski definition) is 1. The molecular formula is C15H13F3N2OS. The van der Waals surface area contributed by atoms with E-state index in [0.29, 0.717) is 4.88 Å². The number of alkyl halides is 3. The van der Waals surface area contributed by atoms with Gasteiger partial charge in [0, 0.05) is 5.41 Å². The summed E-state index contributed by atoms with van der Waals surface area (Å²) in [5, 5.41) is 0.743. The quantitative estimate of drug-likeness (QED) is 0.934. The molecule has 0 unspecified atom stereocenters. The molecule has 0 saturated heterocycles. The molecule has 1 aliphatic carbocycles. The Hall–Kier alpha value is -1.89. The molecule has 1 aliphatic rings. The van der Waals surface area contributed by atoms with Gasteiger partial charge < -0.3 is 5.73 Å². The van der Waals surface area contributed by atoms with Crippen LogP contribution < -0.4 is 5.73 Å². The fourth-order valence-electron chi connectivity index (χ4n) is 2.74. The van der Waals surface area contributed by atoms with Crippen molar-refractivity contribution < 1.29 is 18.0 Å². The van der Waals surface area contributed by atoms with Crippen LogP contribution in [-0.4, -0.2) is 10.9 Å². The van der Waals surface area contributed by atoms with Gasteiger partial charge in [0.2, 0.25) is 0 Å². The number of amides is 1. The van der Waals surface area contributed by atoms with E-state index < -0.39 is 17.6 Å². The van der Waals surface area contributed by atoms with Gasteiger partial charge >= 0.3 is 6.18 Å². The van der Waals surface area contributed by atoms with E-state index in [0.717, 1.165) is 42.0 Å². The number of aromatic nitrogens is 1. The lowest BCUT2D eigenvalue weighted by atomic mass is 9.65. The van der Waals surface area contributed by atoms with E-state index in [-0.39, 0.29) is 5.41 Å². The molecule has 1 amide bonds. The van der Waals surface area contributed by atoms with Crippen molar-refractivity contribution in [2.24, 2.45) is 5.73 Å². The van der Waals surface area contributed by atoms with Gasteiger partial charge in [-0.05, 0) is 30.5 Å². The van der Waals surface area contributed by atoms with Crippen LogP contribution in [0.3, 0.4) is 0 Å². The summed E-state index contributed by atoms with van der Waals surface area (Å²) < 4.78 is 38.0. The second-order valence-electron chi connectivity index (χ2n) is 5.40. The number of hydrogen-bond acceptors (Lipinski definition) is 3. The zero-order valence-corrected chi connectivity index (χ0v) is 12.3. The number of rotatable bonds is 3. The molecule has 0 bridgehead atoms. The predicted octanol–water partition coefficient (Wildman–Crippen LogP) is 3.73. The Kier molecular flexibility index (Phi) is 3.47. The maximum atomic E-state index is 12.7. The molecular weight excluding hydrogens is 313 g/mol. The standard InChI is InChI=1S/C15H13F3N2OS/c16-15(17,18)10-4-2-9(3-5-10)14(6-1-7-14)13-20-8-11(22-13)12(19)21/h2-5,8H,1,6-7H2,(H2,19,21). The van der Waals surface area contributed by atoms with Crippen LogP contribution in [0.2, 0.25) is 0 Å². The first-order valence-electron chi connectivity index (χ1n) is 6.77. The van der Waals surface area contributed by atoms with E-state index in [1.807, 2.05) is 0 Å². The minimum absolute atomic E-state index is 0.369. The van der Waals surface area contributed by atoms with Gasteiger partial charge in [-0.25, -0.2) is 4.98 Å². The Labute approximate surface area is 129 Å². The maximum absolute atomic E-state index is 12.7. The normalized spacial score (nSPS) is 17.0. The highest BCUT2D eigenvalue weighted by Crippen LogP contribution is 2.50. The molecule has 2 N–H and O–H groups in total. The van der Waals surface area contributed by atoms with Gasteiger partial charge in [-0.1, -0.05) is 18.6 Å². The molecule has 0 radical (unpaired) electrons. The van der Waals surface area contributed by atoms with Crippen LogP contribution in [0.25, 0.3) is 0 Å². The van der Waals surface area contributed by atoms with Crippen LogP contribution in [0.15, 0.2) is 30.5 Å². The number of thiazole rings is 1. The van der Waals surface area contributed by atoms with Crippen LogP contribution in [0.1, 0.15) is 45.1 Å². The lowest BCUT2D eigenvalue weighted by Gasteiger charge is -2.40. The summed E-state index contributed by atoms with van der Waals surface area (Å²) in [5.41, 5.74) is 5.00. The second kappa shape index (κ2) is 5.08. The highest BCUT2D eigenvalue weighted by atomic mass is 32.1. The topological polar surface area (TPSA) is 56.0 Å². The summed E-state index contributed by atoms with van der Waals surface area (Å²) >= 11 is 1.22. The molecule has 0 aliphatic heterocycles. The van der Waals surface area contributed by atoms with E-state index in [1.54, 1.807) is 0 Å². The summed E-state index contributed by atoms with van der Waals surface area (Å²) in [6.45, 7) is 0. The fourth-order valence-corrected chi connectivity index (χ4v) is 3.78. The van der Waals surface area contributed by atoms with Crippen molar-refractivity contribution in [1.29, 1.82) is 0 Å². The Morgan fingerprint density at radius 1 is 1.23 bits per heavy atom. The van der Waals surface area contributed by atoms with E-state index in [1.165, 1.54) is 29.7 Å². The van der Waals surface area contributed by atoms with Gasteiger partial charge in [-0.3, -0.25) is 4.79 Å². The Morgan fingerprint density at radius 2 is 1.86 bits per heavy atom. The Morgan fingerprint density at radius 3 is 2.27 bits per heavy atom. The molecule has 116 valence electrons. The van der Waals surface area contributed by atoms with Crippen molar-refractivity contribution in [3.05, 3.63) is 51.5 Å². The molecule has 1 heterocycles. The third-order valence-electron chi connectivity index (χ3n) is 4.13. The van der Waals surface area contributed by atoms with E-state index in [4.69, 9.17) is 5.73 Å². The van der Waals surface area contributed by atoms with Crippen molar-refractivity contribution in [3.8, 4) is 0 Å². The predicted molar refractivity (Wildman–Crippen MR) is 76.7 cm³/mol. The summed E-state index contributed by atoms with van der Waals surface area (Å²) in [6, 6.07) is 5.21. The van der Waals surface area contributed by atoms with Gasteiger partial charge in [-0.15, -0.1) is 11.3 Å². The number of primary amides is 1. The van der Waals surface area contributed by atoms with Crippen LogP contribution in [-0.2, 0) is 11.6 Å². The van der Waals surface area contributed by atoms with Gasteiger partial charge in [0.15, 0.2) is 0 Å². The van der Waals surface area contributed by atoms with Crippen molar-refractivity contribution in [3.63, 3.8) is 0 Å². The number of benzene rings is 1. The summed E-state index contributed by atoms with van der Waals surface area (Å²) in [4.78, 5) is 15.9. The molecule has 3 nitrogen and oxygen atoms in total. The van der Waals surface area contributed by atoms with Crippen LogP contribution in [0, 0.1) is 0 Å². The molecule has 1 aromatic carbocycles. The van der Waals surface area contributed by atoms with Crippen molar-refractivity contribution >= 4 is 17.2 Å². The lowest BCUT2D eigenvalue weighted by Crippen LogP contribution is -2.35. The molecule has 2 aromatic rings. The molecule has 3 rings (SSSR count). The Bertz CT molecular complexity index is 702. The molecule has 22 heavy (non-hydrogen) atoms. The molecule has 1 saturated carbocycles. The number of nitrogens with zero attached hydrogens (tertiary/aromatic N) is 1. The van der Waals surface area contributed by atoms with E-state index in [2.05, 4.69) is 4.98 Å². The lowest BCUT2D eigenvalue weighted by molar-refractivity contribution is -0.137. The molecule has 7 heteroatoms. The fraction of sp³-hybridized carbons (Fsp3) is 0.333. The van der Waals surface area contributed by atoms with Crippen molar-refractivity contribution in [1.82, 2.24) is 4.98 Å². The first kappa shape index (κ1) is 15.0. The molecule has 1 aromatic heterocycles. The van der Waals surface area contributed by atoms with Crippen molar-refractivity contribution in [2.45, 2.75) is 30.9 Å². The van der Waals surface area contributed by atoms with Gasteiger partial charge in [0.25, 0.3) is 5.91 Å². The number of carbonyl (C=O) groups is 1. The monoisotopic (exact) mass is 326 g/mol. The number of carbonyl (C=O) groups excluding carboxylic acids is 1.